The van der Waals surface area contributed by atoms with Gasteiger partial charge in [-0.25, -0.2) is 0 Å². The van der Waals surface area contributed by atoms with Crippen LogP contribution < -0.4 is 16.0 Å². The van der Waals surface area contributed by atoms with E-state index in [4.69, 9.17) is 5.73 Å². The van der Waals surface area contributed by atoms with Crippen molar-refractivity contribution in [3.05, 3.63) is 23.8 Å². The molecule has 3 N–H and O–H groups in total. The molecule has 0 saturated carbocycles. The first-order chi connectivity index (χ1) is 8.56. The Hall–Kier alpha value is -1.71. The van der Waals surface area contributed by atoms with Gasteiger partial charge in [-0.05, 0) is 24.6 Å². The maximum Gasteiger partial charge on any atom is 0.251 e. The van der Waals surface area contributed by atoms with Gasteiger partial charge in [0.05, 0.1) is 11.4 Å². The summed E-state index contributed by atoms with van der Waals surface area (Å²) < 4.78 is 0. The van der Waals surface area contributed by atoms with E-state index in [9.17, 15) is 4.79 Å². The number of carbonyl (C=O) groups is 1. The van der Waals surface area contributed by atoms with Gasteiger partial charge in [0.1, 0.15) is 0 Å². The van der Waals surface area contributed by atoms with Gasteiger partial charge in [0, 0.05) is 26.2 Å². The third kappa shape index (κ3) is 3.95. The van der Waals surface area contributed by atoms with Crippen LogP contribution in [0.3, 0.4) is 0 Å². The number of hydrogen-bond donors (Lipinski definition) is 2. The molecule has 1 aromatic carbocycles. The minimum Gasteiger partial charge on any atom is -0.397 e. The van der Waals surface area contributed by atoms with Crippen LogP contribution >= 0.6 is 0 Å². The zero-order valence-corrected chi connectivity index (χ0v) is 11.5. The van der Waals surface area contributed by atoms with Gasteiger partial charge in [-0.1, -0.05) is 19.8 Å². The van der Waals surface area contributed by atoms with E-state index in [1.54, 1.807) is 12.1 Å². The van der Waals surface area contributed by atoms with Crippen LogP contribution in [0.2, 0.25) is 0 Å². The average molecular weight is 249 g/mol. The van der Waals surface area contributed by atoms with Gasteiger partial charge >= 0.3 is 0 Å². The van der Waals surface area contributed by atoms with Crippen molar-refractivity contribution >= 4 is 17.3 Å². The van der Waals surface area contributed by atoms with E-state index in [1.165, 1.54) is 0 Å². The molecular weight excluding hydrogens is 226 g/mol. The highest BCUT2D eigenvalue weighted by molar-refractivity contribution is 5.96. The fraction of sp³-hybridized carbons (Fsp3) is 0.500. The largest absolute Gasteiger partial charge is 0.397 e. The van der Waals surface area contributed by atoms with Crippen LogP contribution in [-0.2, 0) is 0 Å². The highest BCUT2D eigenvalue weighted by Gasteiger charge is 2.08. The van der Waals surface area contributed by atoms with E-state index >= 15 is 0 Å². The molecule has 0 aliphatic carbocycles. The molecular formula is C14H23N3O. The predicted octanol–water partition coefficient (Wildman–Crippen LogP) is 2.25. The summed E-state index contributed by atoms with van der Waals surface area (Å²) in [5, 5.41) is 2.90. The van der Waals surface area contributed by atoms with Crippen molar-refractivity contribution < 1.29 is 4.79 Å². The lowest BCUT2D eigenvalue weighted by atomic mass is 10.1. The number of nitrogens with two attached hydrogens (primary N) is 1. The quantitative estimate of drug-likeness (QED) is 0.600. The average Bonchev–Trinajstić information content (AvgIpc) is 2.33. The molecule has 0 fully saturated rings. The zero-order chi connectivity index (χ0) is 13.5. The summed E-state index contributed by atoms with van der Waals surface area (Å²) in [6, 6.07) is 5.40. The molecule has 0 unspecified atom stereocenters. The van der Waals surface area contributed by atoms with Crippen molar-refractivity contribution in [1.29, 1.82) is 0 Å². The SMILES string of the molecule is CCCCCNC(=O)c1ccc(N(C)C)c(N)c1. The van der Waals surface area contributed by atoms with Gasteiger partial charge < -0.3 is 16.0 Å². The van der Waals surface area contributed by atoms with Crippen LogP contribution in [0.15, 0.2) is 18.2 Å². The molecule has 0 bridgehead atoms. The minimum atomic E-state index is -0.0527. The molecule has 0 aliphatic rings. The first kappa shape index (κ1) is 14.4. The number of carbonyl (C=O) groups excluding carboxylic acids is 1. The van der Waals surface area contributed by atoms with E-state index in [0.717, 1.165) is 31.5 Å². The standard InChI is InChI=1S/C14H23N3O/c1-4-5-6-9-16-14(18)11-7-8-13(17(2)3)12(15)10-11/h7-8,10H,4-6,9,15H2,1-3H3,(H,16,18). The molecule has 0 heterocycles. The lowest BCUT2D eigenvalue weighted by molar-refractivity contribution is 0.0953. The first-order valence-corrected chi connectivity index (χ1v) is 6.41. The highest BCUT2D eigenvalue weighted by atomic mass is 16.1. The van der Waals surface area contributed by atoms with Crippen LogP contribution in [0.25, 0.3) is 0 Å². The number of nitrogens with one attached hydrogen (secondary N) is 1. The summed E-state index contributed by atoms with van der Waals surface area (Å²) in [6.07, 6.45) is 3.32. The maximum atomic E-state index is 11.9. The number of unbranched alkanes of at least 4 members (excludes halogenated alkanes) is 2. The van der Waals surface area contributed by atoms with Crippen LogP contribution in [0.1, 0.15) is 36.5 Å². The normalized spacial score (nSPS) is 10.2. The smallest absolute Gasteiger partial charge is 0.251 e. The predicted molar refractivity (Wildman–Crippen MR) is 77.0 cm³/mol. The molecule has 4 nitrogen and oxygen atoms in total. The van der Waals surface area contributed by atoms with Crippen LogP contribution in [0.4, 0.5) is 11.4 Å². The molecule has 0 atom stereocenters. The van der Waals surface area contributed by atoms with Crippen molar-refractivity contribution in [3.63, 3.8) is 0 Å². The fourth-order valence-electron chi connectivity index (χ4n) is 1.78. The summed E-state index contributed by atoms with van der Waals surface area (Å²) in [7, 11) is 3.85. The third-order valence-electron chi connectivity index (χ3n) is 2.84. The molecule has 100 valence electrons. The van der Waals surface area contributed by atoms with Gasteiger partial charge in [0.15, 0.2) is 0 Å². The second-order valence-corrected chi connectivity index (χ2v) is 4.63. The monoisotopic (exact) mass is 249 g/mol. The summed E-state index contributed by atoms with van der Waals surface area (Å²) in [5.74, 6) is -0.0527. The van der Waals surface area contributed by atoms with Crippen molar-refractivity contribution in [2.24, 2.45) is 0 Å². The number of hydrogen-bond acceptors (Lipinski definition) is 3. The van der Waals surface area contributed by atoms with Gasteiger partial charge in [0.25, 0.3) is 5.91 Å². The zero-order valence-electron chi connectivity index (χ0n) is 11.5. The molecule has 0 saturated heterocycles. The lowest BCUT2D eigenvalue weighted by Gasteiger charge is -2.15. The van der Waals surface area contributed by atoms with Gasteiger partial charge in [0.2, 0.25) is 0 Å². The summed E-state index contributed by atoms with van der Waals surface area (Å²) >= 11 is 0. The Morgan fingerprint density at radius 3 is 2.61 bits per heavy atom. The van der Waals surface area contributed by atoms with Gasteiger partial charge in [-0.15, -0.1) is 0 Å². The van der Waals surface area contributed by atoms with Crippen molar-refractivity contribution in [2.45, 2.75) is 26.2 Å². The van der Waals surface area contributed by atoms with Gasteiger partial charge in [-0.2, -0.15) is 0 Å². The van der Waals surface area contributed by atoms with Gasteiger partial charge in [-0.3, -0.25) is 4.79 Å². The van der Waals surface area contributed by atoms with Crippen LogP contribution in [0.5, 0.6) is 0 Å². The number of amides is 1. The Balaban J connectivity index is 2.61. The van der Waals surface area contributed by atoms with E-state index in [2.05, 4.69) is 12.2 Å². The number of rotatable bonds is 6. The van der Waals surface area contributed by atoms with E-state index < -0.39 is 0 Å². The van der Waals surface area contributed by atoms with Crippen molar-refractivity contribution in [3.8, 4) is 0 Å². The highest BCUT2D eigenvalue weighted by Crippen LogP contribution is 2.22. The molecule has 1 rings (SSSR count). The third-order valence-corrected chi connectivity index (χ3v) is 2.84. The molecule has 0 spiro atoms. The van der Waals surface area contributed by atoms with E-state index in [1.807, 2.05) is 25.1 Å². The lowest BCUT2D eigenvalue weighted by Crippen LogP contribution is -2.24. The molecule has 1 aromatic rings. The maximum absolute atomic E-state index is 11.9. The Kier molecular flexibility index (Phi) is 5.49. The van der Waals surface area contributed by atoms with Crippen LogP contribution in [0, 0.1) is 0 Å². The fourth-order valence-corrected chi connectivity index (χ4v) is 1.78. The molecule has 0 radical (unpaired) electrons. The van der Waals surface area contributed by atoms with E-state index in [-0.39, 0.29) is 5.91 Å². The minimum absolute atomic E-state index is 0.0527. The summed E-state index contributed by atoms with van der Waals surface area (Å²) in [4.78, 5) is 13.8. The number of nitrogen functional groups attached to an aromatic ring is 1. The Labute approximate surface area is 109 Å². The Morgan fingerprint density at radius 1 is 1.33 bits per heavy atom. The van der Waals surface area contributed by atoms with Crippen molar-refractivity contribution in [2.75, 3.05) is 31.3 Å². The van der Waals surface area contributed by atoms with E-state index in [0.29, 0.717) is 11.3 Å². The second-order valence-electron chi connectivity index (χ2n) is 4.63. The number of anilines is 2. The van der Waals surface area contributed by atoms with Crippen molar-refractivity contribution in [1.82, 2.24) is 5.32 Å². The number of benzene rings is 1. The van der Waals surface area contributed by atoms with Crippen LogP contribution in [-0.4, -0.2) is 26.5 Å². The molecule has 1 amide bonds. The molecule has 0 aromatic heterocycles. The first-order valence-electron chi connectivity index (χ1n) is 6.41. The summed E-state index contributed by atoms with van der Waals surface area (Å²) in [5.41, 5.74) is 8.09. The molecule has 18 heavy (non-hydrogen) atoms. The molecule has 0 aliphatic heterocycles. The number of nitrogens with zero attached hydrogens (tertiary/aromatic N) is 1. The topological polar surface area (TPSA) is 58.4 Å². The Morgan fingerprint density at radius 2 is 2.06 bits per heavy atom. The Bertz CT molecular complexity index is 402. The summed E-state index contributed by atoms with van der Waals surface area (Å²) in [6.45, 7) is 2.87. The second kappa shape index (κ2) is 6.89. The molecule has 4 heteroatoms.